The summed E-state index contributed by atoms with van der Waals surface area (Å²) in [5.74, 6) is -0.544. The largest absolute Gasteiger partial charge is 0.326 e. The summed E-state index contributed by atoms with van der Waals surface area (Å²) in [7, 11) is 0. The van der Waals surface area contributed by atoms with E-state index in [2.05, 4.69) is 16.2 Å². The number of hydrogen-bond donors (Lipinski definition) is 3. The second-order valence-corrected chi connectivity index (χ2v) is 7.80. The van der Waals surface area contributed by atoms with Crippen LogP contribution in [0.3, 0.4) is 0 Å². The van der Waals surface area contributed by atoms with Gasteiger partial charge in [-0.3, -0.25) is 25.2 Å². The predicted molar refractivity (Wildman–Crippen MR) is 99.1 cm³/mol. The summed E-state index contributed by atoms with van der Waals surface area (Å²) in [5, 5.41) is 2.82. The van der Waals surface area contributed by atoms with Crippen molar-refractivity contribution in [2.45, 2.75) is 32.1 Å². The van der Waals surface area contributed by atoms with Crippen molar-refractivity contribution in [3.63, 3.8) is 0 Å². The van der Waals surface area contributed by atoms with Gasteiger partial charge in [0.25, 0.3) is 11.8 Å². The van der Waals surface area contributed by atoms with Crippen LogP contribution < -0.4 is 16.2 Å². The minimum atomic E-state index is -0.400. The van der Waals surface area contributed by atoms with Gasteiger partial charge in [-0.05, 0) is 68.0 Å². The van der Waals surface area contributed by atoms with Gasteiger partial charge < -0.3 is 5.32 Å². The van der Waals surface area contributed by atoms with Crippen LogP contribution in [-0.2, 0) is 17.6 Å². The first-order chi connectivity index (χ1) is 12.6. The number of hydrogen-bond acceptors (Lipinski definition) is 4. The zero-order chi connectivity index (χ0) is 18.1. The van der Waals surface area contributed by atoms with Gasteiger partial charge in [-0.25, -0.2) is 0 Å². The Morgan fingerprint density at radius 1 is 0.962 bits per heavy atom. The Bertz CT molecular complexity index is 847. The van der Waals surface area contributed by atoms with Crippen molar-refractivity contribution in [2.75, 3.05) is 5.32 Å². The van der Waals surface area contributed by atoms with Crippen LogP contribution in [0.5, 0.6) is 0 Å². The fourth-order valence-corrected chi connectivity index (χ4v) is 4.13. The van der Waals surface area contributed by atoms with E-state index in [-0.39, 0.29) is 17.7 Å². The molecular weight excluding hydrogens is 350 g/mol. The number of carbonyl (C=O) groups is 3. The summed E-state index contributed by atoms with van der Waals surface area (Å²) in [6, 6.07) is 8.50. The average Bonchev–Trinajstić information content (AvgIpc) is 3.28. The van der Waals surface area contributed by atoms with Gasteiger partial charge in [-0.15, -0.1) is 11.3 Å². The van der Waals surface area contributed by atoms with Gasteiger partial charge in [0.1, 0.15) is 0 Å². The normalized spacial score (nSPS) is 15.2. The first kappa shape index (κ1) is 16.8. The second kappa shape index (κ2) is 6.92. The van der Waals surface area contributed by atoms with E-state index in [0.29, 0.717) is 16.1 Å². The molecule has 3 amide bonds. The monoisotopic (exact) mass is 369 g/mol. The molecule has 1 fully saturated rings. The zero-order valence-corrected chi connectivity index (χ0v) is 14.9. The van der Waals surface area contributed by atoms with Gasteiger partial charge in [0.15, 0.2) is 0 Å². The van der Waals surface area contributed by atoms with Crippen LogP contribution in [0.15, 0.2) is 30.3 Å². The number of nitrogens with one attached hydrogen (secondary N) is 3. The third kappa shape index (κ3) is 3.62. The molecule has 6 nitrogen and oxygen atoms in total. The van der Waals surface area contributed by atoms with Gasteiger partial charge in [0.2, 0.25) is 5.91 Å². The van der Waals surface area contributed by atoms with Crippen molar-refractivity contribution in [3.8, 4) is 0 Å². The number of rotatable bonds is 4. The molecule has 7 heteroatoms. The predicted octanol–water partition coefficient (Wildman–Crippen LogP) is 2.66. The van der Waals surface area contributed by atoms with Gasteiger partial charge in [-0.2, -0.15) is 0 Å². The number of amides is 3. The van der Waals surface area contributed by atoms with E-state index in [1.807, 2.05) is 6.07 Å². The maximum atomic E-state index is 12.2. The smallest absolute Gasteiger partial charge is 0.279 e. The third-order valence-corrected chi connectivity index (χ3v) is 5.86. The van der Waals surface area contributed by atoms with E-state index < -0.39 is 5.91 Å². The van der Waals surface area contributed by atoms with Crippen molar-refractivity contribution in [3.05, 3.63) is 51.2 Å². The Kier molecular flexibility index (Phi) is 4.46. The van der Waals surface area contributed by atoms with Gasteiger partial charge >= 0.3 is 0 Å². The van der Waals surface area contributed by atoms with Crippen LogP contribution in [0.4, 0.5) is 5.69 Å². The molecule has 0 saturated heterocycles. The lowest BCUT2D eigenvalue weighted by atomic mass is 10.2. The van der Waals surface area contributed by atoms with E-state index in [4.69, 9.17) is 0 Å². The van der Waals surface area contributed by atoms with Crippen LogP contribution in [0.25, 0.3) is 0 Å². The molecule has 0 spiro atoms. The van der Waals surface area contributed by atoms with Crippen molar-refractivity contribution in [2.24, 2.45) is 5.92 Å². The lowest BCUT2D eigenvalue weighted by Crippen LogP contribution is -2.41. The van der Waals surface area contributed by atoms with E-state index in [1.54, 1.807) is 24.3 Å². The molecule has 0 unspecified atom stereocenters. The molecule has 1 heterocycles. The molecule has 0 aliphatic heterocycles. The highest BCUT2D eigenvalue weighted by Gasteiger charge is 2.29. The minimum absolute atomic E-state index is 0.0253. The SMILES string of the molecule is O=C(NNC(=O)c1cc2c(s1)CCC2)c1ccc(NC(=O)C2CC2)cc1. The Labute approximate surface area is 155 Å². The highest BCUT2D eigenvalue weighted by molar-refractivity contribution is 7.14. The number of hydrazine groups is 1. The molecule has 3 N–H and O–H groups in total. The van der Waals surface area contributed by atoms with Gasteiger partial charge in [-0.1, -0.05) is 0 Å². The van der Waals surface area contributed by atoms with Crippen LogP contribution >= 0.6 is 11.3 Å². The molecule has 2 aliphatic carbocycles. The maximum Gasteiger partial charge on any atom is 0.279 e. The molecule has 1 aromatic heterocycles. The fraction of sp³-hybridized carbons (Fsp3) is 0.316. The fourth-order valence-electron chi connectivity index (χ4n) is 2.98. The van der Waals surface area contributed by atoms with Crippen LogP contribution in [0.2, 0.25) is 0 Å². The molecule has 1 saturated carbocycles. The van der Waals surface area contributed by atoms with Crippen molar-refractivity contribution in [1.82, 2.24) is 10.9 Å². The number of anilines is 1. The Hall–Kier alpha value is -2.67. The maximum absolute atomic E-state index is 12.2. The topological polar surface area (TPSA) is 87.3 Å². The molecule has 1 aromatic carbocycles. The molecule has 2 aromatic rings. The van der Waals surface area contributed by atoms with Gasteiger partial charge in [0.05, 0.1) is 4.88 Å². The minimum Gasteiger partial charge on any atom is -0.326 e. The molecular formula is C19H19N3O3S. The molecule has 0 bridgehead atoms. The standard InChI is InChI=1S/C19H19N3O3S/c23-17(11-4-5-11)20-14-8-6-12(7-9-14)18(24)21-22-19(25)16-10-13-2-1-3-15(13)26-16/h6-11H,1-5H2,(H,20,23)(H,21,24)(H,22,25). The lowest BCUT2D eigenvalue weighted by molar-refractivity contribution is -0.117. The third-order valence-electron chi connectivity index (χ3n) is 4.62. The Balaban J connectivity index is 1.31. The molecule has 26 heavy (non-hydrogen) atoms. The lowest BCUT2D eigenvalue weighted by Gasteiger charge is -2.08. The van der Waals surface area contributed by atoms with Crippen LogP contribution in [-0.4, -0.2) is 17.7 Å². The summed E-state index contributed by atoms with van der Waals surface area (Å²) in [4.78, 5) is 37.9. The quantitative estimate of drug-likeness (QED) is 0.724. The molecule has 0 atom stereocenters. The number of thiophene rings is 1. The second-order valence-electron chi connectivity index (χ2n) is 6.66. The van der Waals surface area contributed by atoms with Crippen molar-refractivity contribution < 1.29 is 14.4 Å². The summed E-state index contributed by atoms with van der Waals surface area (Å²) in [5.41, 5.74) is 7.20. The highest BCUT2D eigenvalue weighted by atomic mass is 32.1. The Morgan fingerprint density at radius 3 is 2.38 bits per heavy atom. The number of benzene rings is 1. The summed E-state index contributed by atoms with van der Waals surface area (Å²) in [6.07, 6.45) is 5.09. The van der Waals surface area contributed by atoms with E-state index in [1.165, 1.54) is 21.8 Å². The first-order valence-corrected chi connectivity index (χ1v) is 9.55. The van der Waals surface area contributed by atoms with E-state index in [0.717, 1.165) is 32.1 Å². The summed E-state index contributed by atoms with van der Waals surface area (Å²) < 4.78 is 0. The van der Waals surface area contributed by atoms with Crippen molar-refractivity contribution >= 4 is 34.7 Å². The molecule has 4 rings (SSSR count). The number of fused-ring (bicyclic) bond motifs is 1. The number of aryl methyl sites for hydroxylation is 2. The highest BCUT2D eigenvalue weighted by Crippen LogP contribution is 2.31. The van der Waals surface area contributed by atoms with Gasteiger partial charge in [0, 0.05) is 22.0 Å². The van der Waals surface area contributed by atoms with E-state index in [9.17, 15) is 14.4 Å². The number of carbonyl (C=O) groups excluding carboxylic acids is 3. The van der Waals surface area contributed by atoms with E-state index >= 15 is 0 Å². The zero-order valence-electron chi connectivity index (χ0n) is 14.1. The average molecular weight is 369 g/mol. The van der Waals surface area contributed by atoms with Crippen molar-refractivity contribution in [1.29, 1.82) is 0 Å². The summed E-state index contributed by atoms with van der Waals surface area (Å²) >= 11 is 1.49. The first-order valence-electron chi connectivity index (χ1n) is 8.73. The van der Waals surface area contributed by atoms with Crippen LogP contribution in [0.1, 0.15) is 49.7 Å². The van der Waals surface area contributed by atoms with Crippen LogP contribution in [0, 0.1) is 5.92 Å². The Morgan fingerprint density at radius 2 is 1.69 bits per heavy atom. The summed E-state index contributed by atoms with van der Waals surface area (Å²) in [6.45, 7) is 0. The molecule has 0 radical (unpaired) electrons. The molecule has 2 aliphatic rings. The molecule has 134 valence electrons.